The number of hydrogen-bond donors (Lipinski definition) is 1. The van der Waals surface area contributed by atoms with E-state index in [1.165, 1.54) is 17.7 Å². The van der Waals surface area contributed by atoms with Gasteiger partial charge in [-0.05, 0) is 31.2 Å². The summed E-state index contributed by atoms with van der Waals surface area (Å²) in [5.74, 6) is 0.299. The zero-order chi connectivity index (χ0) is 12.1. The van der Waals surface area contributed by atoms with E-state index in [2.05, 4.69) is 29.8 Å². The van der Waals surface area contributed by atoms with Crippen LogP contribution in [0, 0.1) is 0 Å². The SMILES string of the molecule is CC(NCCC(=O)N1CCCC1)c1cccs1. The van der Waals surface area contributed by atoms with Crippen LogP contribution < -0.4 is 5.32 Å². The summed E-state index contributed by atoms with van der Waals surface area (Å²) in [6, 6.07) is 4.54. The number of nitrogens with zero attached hydrogens (tertiary/aromatic N) is 1. The molecule has 1 fully saturated rings. The Bertz CT molecular complexity index is 344. The van der Waals surface area contributed by atoms with Crippen molar-refractivity contribution >= 4 is 17.2 Å². The van der Waals surface area contributed by atoms with Crippen molar-refractivity contribution in [3.05, 3.63) is 22.4 Å². The van der Waals surface area contributed by atoms with E-state index in [0.717, 1.165) is 19.6 Å². The molecule has 17 heavy (non-hydrogen) atoms. The van der Waals surface area contributed by atoms with Gasteiger partial charge in [-0.25, -0.2) is 0 Å². The molecule has 0 aliphatic carbocycles. The highest BCUT2D eigenvalue weighted by atomic mass is 32.1. The van der Waals surface area contributed by atoms with Crippen molar-refractivity contribution in [3.63, 3.8) is 0 Å². The predicted molar refractivity (Wildman–Crippen MR) is 71.2 cm³/mol. The zero-order valence-electron chi connectivity index (χ0n) is 10.3. The van der Waals surface area contributed by atoms with Crippen LogP contribution in [-0.4, -0.2) is 30.4 Å². The van der Waals surface area contributed by atoms with Gasteiger partial charge in [-0.15, -0.1) is 11.3 Å². The second-order valence-corrected chi connectivity index (χ2v) is 5.51. The lowest BCUT2D eigenvalue weighted by Gasteiger charge is -2.16. The third-order valence-corrected chi connectivity index (χ3v) is 4.27. The van der Waals surface area contributed by atoms with Crippen LogP contribution in [0.4, 0.5) is 0 Å². The predicted octanol–water partition coefficient (Wildman–Crippen LogP) is 2.41. The number of rotatable bonds is 5. The first-order valence-electron chi connectivity index (χ1n) is 6.32. The highest BCUT2D eigenvalue weighted by molar-refractivity contribution is 7.10. The molecule has 2 heterocycles. The normalized spacial score (nSPS) is 17.4. The molecule has 0 radical (unpaired) electrons. The molecule has 94 valence electrons. The molecule has 0 saturated carbocycles. The minimum Gasteiger partial charge on any atom is -0.343 e. The Kier molecular flexibility index (Phi) is 4.57. The van der Waals surface area contributed by atoms with Gasteiger partial charge in [-0.3, -0.25) is 4.79 Å². The fourth-order valence-electron chi connectivity index (χ4n) is 2.16. The summed E-state index contributed by atoms with van der Waals surface area (Å²) in [7, 11) is 0. The summed E-state index contributed by atoms with van der Waals surface area (Å²) in [6.45, 7) is 4.83. The van der Waals surface area contributed by atoms with Crippen molar-refractivity contribution in [1.29, 1.82) is 0 Å². The zero-order valence-corrected chi connectivity index (χ0v) is 11.1. The Morgan fingerprint density at radius 1 is 1.53 bits per heavy atom. The number of hydrogen-bond acceptors (Lipinski definition) is 3. The highest BCUT2D eigenvalue weighted by Crippen LogP contribution is 2.18. The molecule has 1 saturated heterocycles. The molecule has 1 aliphatic heterocycles. The summed E-state index contributed by atoms with van der Waals surface area (Å²) in [5.41, 5.74) is 0. The molecule has 1 unspecified atom stereocenters. The molecule has 0 bridgehead atoms. The Morgan fingerprint density at radius 3 is 2.94 bits per heavy atom. The fourth-order valence-corrected chi connectivity index (χ4v) is 2.92. The lowest BCUT2D eigenvalue weighted by molar-refractivity contribution is -0.130. The first kappa shape index (κ1) is 12.6. The van der Waals surface area contributed by atoms with Gasteiger partial charge in [0.2, 0.25) is 5.91 Å². The smallest absolute Gasteiger partial charge is 0.223 e. The van der Waals surface area contributed by atoms with Crippen molar-refractivity contribution in [2.24, 2.45) is 0 Å². The largest absolute Gasteiger partial charge is 0.343 e. The molecule has 1 N–H and O–H groups in total. The number of nitrogens with one attached hydrogen (secondary N) is 1. The first-order chi connectivity index (χ1) is 8.27. The van der Waals surface area contributed by atoms with E-state index in [-0.39, 0.29) is 0 Å². The fraction of sp³-hybridized carbons (Fsp3) is 0.615. The van der Waals surface area contributed by atoms with Crippen LogP contribution in [0.15, 0.2) is 17.5 Å². The Hall–Kier alpha value is -0.870. The second kappa shape index (κ2) is 6.17. The van der Waals surface area contributed by atoms with Gasteiger partial charge in [0.05, 0.1) is 0 Å². The lowest BCUT2D eigenvalue weighted by Crippen LogP contribution is -2.31. The van der Waals surface area contributed by atoms with Crippen LogP contribution in [0.3, 0.4) is 0 Å². The van der Waals surface area contributed by atoms with Crippen molar-refractivity contribution in [1.82, 2.24) is 10.2 Å². The monoisotopic (exact) mass is 252 g/mol. The molecular formula is C13H20N2OS. The maximum Gasteiger partial charge on any atom is 0.223 e. The van der Waals surface area contributed by atoms with E-state index in [1.807, 2.05) is 4.90 Å². The van der Waals surface area contributed by atoms with E-state index >= 15 is 0 Å². The number of likely N-dealkylation sites (tertiary alicyclic amines) is 1. The van der Waals surface area contributed by atoms with Gasteiger partial charge < -0.3 is 10.2 Å². The molecule has 1 atom stereocenters. The van der Waals surface area contributed by atoms with Crippen molar-refractivity contribution in [2.75, 3.05) is 19.6 Å². The number of thiophene rings is 1. The Morgan fingerprint density at radius 2 is 2.29 bits per heavy atom. The molecule has 1 aromatic rings. The summed E-state index contributed by atoms with van der Waals surface area (Å²) in [4.78, 5) is 15.1. The van der Waals surface area contributed by atoms with Crippen molar-refractivity contribution in [3.8, 4) is 0 Å². The summed E-state index contributed by atoms with van der Waals surface area (Å²) in [5, 5.41) is 5.49. The minimum atomic E-state index is 0.299. The maximum atomic E-state index is 11.8. The number of carbonyl (C=O) groups excluding carboxylic acids is 1. The highest BCUT2D eigenvalue weighted by Gasteiger charge is 2.17. The van der Waals surface area contributed by atoms with Crippen molar-refractivity contribution in [2.45, 2.75) is 32.2 Å². The molecule has 3 nitrogen and oxygen atoms in total. The molecular weight excluding hydrogens is 232 g/mol. The third kappa shape index (κ3) is 3.54. The molecule has 1 amide bonds. The summed E-state index contributed by atoms with van der Waals surface area (Å²) < 4.78 is 0. The summed E-state index contributed by atoms with van der Waals surface area (Å²) in [6.07, 6.45) is 2.96. The minimum absolute atomic E-state index is 0.299. The third-order valence-electron chi connectivity index (χ3n) is 3.22. The van der Waals surface area contributed by atoms with E-state index in [4.69, 9.17) is 0 Å². The van der Waals surface area contributed by atoms with Crippen LogP contribution in [0.2, 0.25) is 0 Å². The van der Waals surface area contributed by atoms with Gasteiger partial charge in [0, 0.05) is 37.0 Å². The van der Waals surface area contributed by atoms with Gasteiger partial charge >= 0.3 is 0 Å². The van der Waals surface area contributed by atoms with E-state index in [9.17, 15) is 4.79 Å². The van der Waals surface area contributed by atoms with Crippen LogP contribution in [0.5, 0.6) is 0 Å². The first-order valence-corrected chi connectivity index (χ1v) is 7.20. The van der Waals surface area contributed by atoms with Gasteiger partial charge in [0.15, 0.2) is 0 Å². The van der Waals surface area contributed by atoms with Gasteiger partial charge in [0.1, 0.15) is 0 Å². The molecule has 0 aromatic carbocycles. The van der Waals surface area contributed by atoms with Gasteiger partial charge in [0.25, 0.3) is 0 Å². The van der Waals surface area contributed by atoms with Crippen LogP contribution in [0.1, 0.15) is 37.1 Å². The van der Waals surface area contributed by atoms with Crippen LogP contribution in [0.25, 0.3) is 0 Å². The van der Waals surface area contributed by atoms with E-state index < -0.39 is 0 Å². The lowest BCUT2D eigenvalue weighted by atomic mass is 10.2. The average Bonchev–Trinajstić information content (AvgIpc) is 3.02. The topological polar surface area (TPSA) is 32.3 Å². The Labute approximate surface area is 107 Å². The molecule has 1 aromatic heterocycles. The maximum absolute atomic E-state index is 11.8. The van der Waals surface area contributed by atoms with Crippen molar-refractivity contribution < 1.29 is 4.79 Å². The van der Waals surface area contributed by atoms with Gasteiger partial charge in [-0.2, -0.15) is 0 Å². The van der Waals surface area contributed by atoms with Crippen LogP contribution in [-0.2, 0) is 4.79 Å². The second-order valence-electron chi connectivity index (χ2n) is 4.53. The molecule has 4 heteroatoms. The number of carbonyl (C=O) groups is 1. The van der Waals surface area contributed by atoms with E-state index in [1.54, 1.807) is 11.3 Å². The van der Waals surface area contributed by atoms with Crippen LogP contribution >= 0.6 is 11.3 Å². The van der Waals surface area contributed by atoms with E-state index in [0.29, 0.717) is 18.4 Å². The molecule has 2 rings (SSSR count). The van der Waals surface area contributed by atoms with Gasteiger partial charge in [-0.1, -0.05) is 6.07 Å². The molecule has 1 aliphatic rings. The molecule has 0 spiro atoms. The average molecular weight is 252 g/mol. The number of amides is 1. The summed E-state index contributed by atoms with van der Waals surface area (Å²) >= 11 is 1.76. The quantitative estimate of drug-likeness (QED) is 0.873. The Balaban J connectivity index is 1.67. The standard InChI is InChI=1S/C13H20N2OS/c1-11(12-5-4-10-17-12)14-7-6-13(16)15-8-2-3-9-15/h4-5,10-11,14H,2-3,6-9H2,1H3.